The second kappa shape index (κ2) is 11.3. The maximum absolute atomic E-state index is 6.28. The minimum atomic E-state index is -0.380. The lowest BCUT2D eigenvalue weighted by Crippen LogP contribution is -2.33. The summed E-state index contributed by atoms with van der Waals surface area (Å²) in [7, 11) is 0. The topological polar surface area (TPSA) is 54.8 Å². The molecule has 2 aromatic heterocycles. The van der Waals surface area contributed by atoms with Crippen LogP contribution in [0.2, 0.25) is 0 Å². The Balaban J connectivity index is 1.11. The quantitative estimate of drug-likeness (QED) is 0.203. The van der Waals surface area contributed by atoms with Crippen molar-refractivity contribution >= 4 is 77.0 Å². The number of amidine groups is 2. The van der Waals surface area contributed by atoms with E-state index in [0.717, 1.165) is 60.9 Å². The van der Waals surface area contributed by atoms with Crippen LogP contribution in [0.25, 0.3) is 71.0 Å². The highest BCUT2D eigenvalue weighted by Gasteiger charge is 2.24. The SMILES string of the molecule is c1ccc(C2=NC(c3ccc4c(c3)oc3ccccc34)=NC(c3cccc4c(-n5c6ccccc6c6c7ccccc7ccc65)cccc34)N2)cc1. The number of rotatable bonds is 4. The average molecular weight is 667 g/mol. The molecular formula is C47H30N4O. The van der Waals surface area contributed by atoms with Crippen LogP contribution in [-0.4, -0.2) is 16.2 Å². The van der Waals surface area contributed by atoms with E-state index < -0.39 is 0 Å². The second-order valence-electron chi connectivity index (χ2n) is 13.4. The van der Waals surface area contributed by atoms with Gasteiger partial charge in [0.15, 0.2) is 5.84 Å². The van der Waals surface area contributed by atoms with Crippen molar-refractivity contribution in [1.29, 1.82) is 0 Å². The molecule has 5 heteroatoms. The third kappa shape index (κ3) is 4.36. The summed E-state index contributed by atoms with van der Waals surface area (Å²) in [6.07, 6.45) is -0.380. The Bertz CT molecular complexity index is 3110. The largest absolute Gasteiger partial charge is 0.456 e. The van der Waals surface area contributed by atoms with Crippen molar-refractivity contribution in [2.24, 2.45) is 9.98 Å². The number of benzene rings is 8. The number of nitrogens with zero attached hydrogens (tertiary/aromatic N) is 3. The van der Waals surface area contributed by atoms with Crippen molar-refractivity contribution in [1.82, 2.24) is 9.88 Å². The third-order valence-corrected chi connectivity index (χ3v) is 10.5. The van der Waals surface area contributed by atoms with Crippen molar-refractivity contribution in [3.05, 3.63) is 187 Å². The molecule has 0 saturated carbocycles. The van der Waals surface area contributed by atoms with Crippen LogP contribution < -0.4 is 5.32 Å². The van der Waals surface area contributed by atoms with Gasteiger partial charge in [0, 0.05) is 43.6 Å². The lowest BCUT2D eigenvalue weighted by atomic mass is 10.00. The highest BCUT2D eigenvalue weighted by Crippen LogP contribution is 2.40. The molecule has 0 fully saturated rings. The number of nitrogens with one attached hydrogen (secondary N) is 1. The zero-order valence-corrected chi connectivity index (χ0v) is 28.0. The highest BCUT2D eigenvalue weighted by atomic mass is 16.3. The van der Waals surface area contributed by atoms with Crippen LogP contribution in [-0.2, 0) is 0 Å². The van der Waals surface area contributed by atoms with Crippen molar-refractivity contribution in [2.45, 2.75) is 6.17 Å². The van der Waals surface area contributed by atoms with Gasteiger partial charge in [-0.05, 0) is 52.6 Å². The number of hydrogen-bond donors (Lipinski definition) is 1. The summed E-state index contributed by atoms with van der Waals surface area (Å²) in [5, 5.41) is 13.2. The summed E-state index contributed by atoms with van der Waals surface area (Å²) in [6, 6.07) is 59.8. The Morgan fingerprint density at radius 3 is 2.15 bits per heavy atom. The Morgan fingerprint density at radius 2 is 1.23 bits per heavy atom. The summed E-state index contributed by atoms with van der Waals surface area (Å²) < 4.78 is 8.70. The molecule has 1 N–H and O–H groups in total. The van der Waals surface area contributed by atoms with Gasteiger partial charge in [-0.3, -0.25) is 0 Å². The molecule has 0 aliphatic carbocycles. The molecule has 1 atom stereocenters. The summed E-state index contributed by atoms with van der Waals surface area (Å²) >= 11 is 0. The van der Waals surface area contributed by atoms with Crippen LogP contribution in [0.3, 0.4) is 0 Å². The Kier molecular flexibility index (Phi) is 6.25. The molecule has 11 rings (SSSR count). The molecule has 5 nitrogen and oxygen atoms in total. The van der Waals surface area contributed by atoms with E-state index in [1.165, 1.54) is 32.6 Å². The van der Waals surface area contributed by atoms with Gasteiger partial charge in [-0.1, -0.05) is 133 Å². The first-order chi connectivity index (χ1) is 25.8. The van der Waals surface area contributed by atoms with Gasteiger partial charge in [-0.2, -0.15) is 0 Å². The van der Waals surface area contributed by atoms with Gasteiger partial charge in [-0.25, -0.2) is 9.98 Å². The van der Waals surface area contributed by atoms with Crippen molar-refractivity contribution in [3.8, 4) is 5.69 Å². The van der Waals surface area contributed by atoms with Crippen LogP contribution in [0.5, 0.6) is 0 Å². The number of aromatic nitrogens is 1. The first-order valence-corrected chi connectivity index (χ1v) is 17.6. The molecule has 1 aliphatic rings. The predicted octanol–water partition coefficient (Wildman–Crippen LogP) is 11.5. The summed E-state index contributed by atoms with van der Waals surface area (Å²) in [4.78, 5) is 10.4. The van der Waals surface area contributed by atoms with Crippen LogP contribution in [0.15, 0.2) is 184 Å². The average Bonchev–Trinajstić information content (AvgIpc) is 3.76. The van der Waals surface area contributed by atoms with Gasteiger partial charge in [0.1, 0.15) is 23.2 Å². The maximum Gasteiger partial charge on any atom is 0.159 e. The smallest absolute Gasteiger partial charge is 0.159 e. The zero-order valence-electron chi connectivity index (χ0n) is 28.0. The second-order valence-corrected chi connectivity index (χ2v) is 13.4. The van der Waals surface area contributed by atoms with Crippen molar-refractivity contribution < 1.29 is 4.42 Å². The van der Waals surface area contributed by atoms with Gasteiger partial charge in [-0.15, -0.1) is 0 Å². The van der Waals surface area contributed by atoms with Crippen LogP contribution in [0.4, 0.5) is 0 Å². The minimum Gasteiger partial charge on any atom is -0.456 e. The lowest BCUT2D eigenvalue weighted by molar-refractivity contribution is 0.668. The molecule has 3 heterocycles. The molecule has 1 aliphatic heterocycles. The molecule has 0 spiro atoms. The molecule has 0 bridgehead atoms. The zero-order chi connectivity index (χ0) is 34.2. The van der Waals surface area contributed by atoms with E-state index >= 15 is 0 Å². The molecule has 1 unspecified atom stereocenters. The van der Waals surface area contributed by atoms with E-state index in [4.69, 9.17) is 14.4 Å². The molecule has 10 aromatic rings. The summed E-state index contributed by atoms with van der Waals surface area (Å²) in [5.41, 5.74) is 8.19. The van der Waals surface area contributed by atoms with Gasteiger partial charge < -0.3 is 14.3 Å². The van der Waals surface area contributed by atoms with E-state index in [9.17, 15) is 0 Å². The van der Waals surface area contributed by atoms with E-state index in [2.05, 4.69) is 143 Å². The maximum atomic E-state index is 6.28. The van der Waals surface area contributed by atoms with Gasteiger partial charge in [0.2, 0.25) is 0 Å². The standard InChI is InChI=1S/C47H30N4O/c1-2-13-30(14-3-1)45-48-46(31-24-26-36-35-16-7-9-23-42(35)52-43(36)28-31)50-47(49-45)37-20-10-19-34-33(37)18-11-22-39(34)51-40-21-8-6-17-38(40)44-32-15-5-4-12-29(32)25-27-41(44)51/h1-28,47H,(H,48,49,50). The number of furan rings is 1. The van der Waals surface area contributed by atoms with E-state index in [0.29, 0.717) is 5.84 Å². The predicted molar refractivity (Wildman–Crippen MR) is 215 cm³/mol. The van der Waals surface area contributed by atoms with E-state index in [-0.39, 0.29) is 6.17 Å². The molecule has 8 aromatic carbocycles. The van der Waals surface area contributed by atoms with Crippen LogP contribution in [0, 0.1) is 0 Å². The molecule has 0 saturated heterocycles. The fourth-order valence-corrected chi connectivity index (χ4v) is 8.10. The fraction of sp³-hybridized carbons (Fsp3) is 0.0213. The Labute approximate surface area is 298 Å². The van der Waals surface area contributed by atoms with Crippen LogP contribution in [0.1, 0.15) is 22.9 Å². The Hall–Kier alpha value is -6.98. The first kappa shape index (κ1) is 28.8. The minimum absolute atomic E-state index is 0.380. The van der Waals surface area contributed by atoms with E-state index in [1.807, 2.05) is 36.4 Å². The number of hydrogen-bond acceptors (Lipinski definition) is 4. The normalized spacial score (nSPS) is 14.7. The molecule has 0 amide bonds. The van der Waals surface area contributed by atoms with Crippen molar-refractivity contribution in [3.63, 3.8) is 0 Å². The first-order valence-electron chi connectivity index (χ1n) is 17.6. The molecular weight excluding hydrogens is 637 g/mol. The van der Waals surface area contributed by atoms with Gasteiger partial charge in [0.05, 0.1) is 16.7 Å². The number of fused-ring (bicyclic) bond motifs is 9. The number of para-hydroxylation sites is 2. The van der Waals surface area contributed by atoms with Gasteiger partial charge >= 0.3 is 0 Å². The highest BCUT2D eigenvalue weighted by molar-refractivity contribution is 6.22. The fourth-order valence-electron chi connectivity index (χ4n) is 8.10. The van der Waals surface area contributed by atoms with E-state index in [1.54, 1.807) is 0 Å². The molecule has 52 heavy (non-hydrogen) atoms. The summed E-state index contributed by atoms with van der Waals surface area (Å²) in [6.45, 7) is 0. The van der Waals surface area contributed by atoms with Crippen molar-refractivity contribution in [2.75, 3.05) is 0 Å². The third-order valence-electron chi connectivity index (χ3n) is 10.5. The molecule has 244 valence electrons. The lowest BCUT2D eigenvalue weighted by Gasteiger charge is -2.25. The molecule has 0 radical (unpaired) electrons. The van der Waals surface area contributed by atoms with Gasteiger partial charge in [0.25, 0.3) is 0 Å². The van der Waals surface area contributed by atoms with Crippen LogP contribution >= 0.6 is 0 Å². The summed E-state index contributed by atoms with van der Waals surface area (Å²) in [5.74, 6) is 1.44. The Morgan fingerprint density at radius 1 is 0.500 bits per heavy atom. The monoisotopic (exact) mass is 666 g/mol. The number of aliphatic imine (C=N–C) groups is 2.